The Morgan fingerprint density at radius 1 is 1.24 bits per heavy atom. The molecule has 118 valence electrons. The molecule has 0 aliphatic heterocycles. The molecule has 0 radical (unpaired) electrons. The Kier molecular flexibility index (Phi) is 4.97. The number of benzene rings is 1. The van der Waals surface area contributed by atoms with E-state index in [9.17, 15) is 21.6 Å². The van der Waals surface area contributed by atoms with Crippen molar-refractivity contribution in [2.45, 2.75) is 11.8 Å². The normalized spacial score (nSPS) is 12.4. The van der Waals surface area contributed by atoms with Crippen LogP contribution in [0, 0.1) is 6.92 Å². The van der Waals surface area contributed by atoms with Gasteiger partial charge < -0.3 is 5.11 Å². The molecule has 1 aromatic carbocycles. The molecular weight excluding hydrogens is 320 g/mol. The summed E-state index contributed by atoms with van der Waals surface area (Å²) in [4.78, 5) is 10.4. The highest BCUT2D eigenvalue weighted by atomic mass is 32.2. The Hall–Kier alpha value is -1.65. The van der Waals surface area contributed by atoms with Gasteiger partial charge in [-0.2, -0.15) is 0 Å². The van der Waals surface area contributed by atoms with Gasteiger partial charge in [-0.3, -0.25) is 9.52 Å². The average Bonchev–Trinajstić information content (AvgIpc) is 2.29. The highest BCUT2D eigenvalue weighted by Crippen LogP contribution is 2.22. The predicted octanol–water partition coefficient (Wildman–Crippen LogP) is 0.0716. The zero-order valence-electron chi connectivity index (χ0n) is 11.7. The smallest absolute Gasteiger partial charge is 0.320 e. The van der Waals surface area contributed by atoms with Crippen LogP contribution in [0.25, 0.3) is 0 Å². The van der Waals surface area contributed by atoms with Crippen molar-refractivity contribution < 1.29 is 26.7 Å². The summed E-state index contributed by atoms with van der Waals surface area (Å²) in [6, 6.07) is 3.94. The van der Waals surface area contributed by atoms with Crippen LogP contribution in [0.3, 0.4) is 0 Å². The average molecular weight is 336 g/mol. The maximum Gasteiger partial charge on any atom is 0.320 e. The predicted molar refractivity (Wildman–Crippen MR) is 77.1 cm³/mol. The van der Waals surface area contributed by atoms with E-state index in [0.29, 0.717) is 5.56 Å². The zero-order valence-corrected chi connectivity index (χ0v) is 13.3. The molecular formula is C11H16N2O6S2. The quantitative estimate of drug-likeness (QED) is 0.758. The molecule has 21 heavy (non-hydrogen) atoms. The number of sulfonamides is 2. The second-order valence-electron chi connectivity index (χ2n) is 4.52. The number of nitrogens with one attached hydrogen (secondary N) is 1. The van der Waals surface area contributed by atoms with Crippen LogP contribution < -0.4 is 4.72 Å². The number of aliphatic carboxylic acids is 1. The zero-order chi connectivity index (χ0) is 16.4. The Labute approximate surface area is 123 Å². The number of carboxylic acid groups (broad SMARTS) is 1. The number of rotatable bonds is 6. The molecule has 1 rings (SSSR count). The van der Waals surface area contributed by atoms with Gasteiger partial charge in [0, 0.05) is 14.1 Å². The minimum absolute atomic E-state index is 0.0270. The van der Waals surface area contributed by atoms with Crippen LogP contribution in [0.5, 0.6) is 0 Å². The molecule has 1 aromatic rings. The first-order valence-electron chi connectivity index (χ1n) is 5.71. The number of anilines is 1. The van der Waals surface area contributed by atoms with Crippen molar-refractivity contribution in [3.63, 3.8) is 0 Å². The molecule has 0 aromatic heterocycles. The number of hydrogen-bond acceptors (Lipinski definition) is 5. The van der Waals surface area contributed by atoms with E-state index in [-0.39, 0.29) is 10.6 Å². The van der Waals surface area contributed by atoms with Gasteiger partial charge >= 0.3 is 5.97 Å². The molecule has 2 N–H and O–H groups in total. The second kappa shape index (κ2) is 6.00. The van der Waals surface area contributed by atoms with Gasteiger partial charge in [0.05, 0.1) is 10.6 Å². The van der Waals surface area contributed by atoms with Gasteiger partial charge in [-0.25, -0.2) is 21.1 Å². The molecule has 0 spiro atoms. The monoisotopic (exact) mass is 336 g/mol. The van der Waals surface area contributed by atoms with E-state index < -0.39 is 31.8 Å². The van der Waals surface area contributed by atoms with Gasteiger partial charge in [-0.15, -0.1) is 0 Å². The first kappa shape index (κ1) is 17.4. The van der Waals surface area contributed by atoms with Crippen molar-refractivity contribution in [3.8, 4) is 0 Å². The standard InChI is InChI=1S/C11H16N2O6S2/c1-8-4-5-9(21(18,19)13(2)3)6-10(8)12-20(16,17)7-11(14)15/h4-6,12H,7H2,1-3H3,(H,14,15). The number of hydrogen-bond donors (Lipinski definition) is 2. The summed E-state index contributed by atoms with van der Waals surface area (Å²) in [5.41, 5.74) is 0.501. The van der Waals surface area contributed by atoms with Crippen LogP contribution in [-0.4, -0.2) is 52.1 Å². The molecule has 0 atom stereocenters. The lowest BCUT2D eigenvalue weighted by Crippen LogP contribution is -2.24. The molecule has 0 amide bonds. The van der Waals surface area contributed by atoms with Gasteiger partial charge in [0.25, 0.3) is 0 Å². The summed E-state index contributed by atoms with van der Waals surface area (Å²) in [6.45, 7) is 1.57. The van der Waals surface area contributed by atoms with Crippen molar-refractivity contribution >= 4 is 31.7 Å². The first-order valence-corrected chi connectivity index (χ1v) is 8.80. The number of nitrogens with zero attached hydrogens (tertiary/aromatic N) is 1. The molecule has 0 fully saturated rings. The van der Waals surface area contributed by atoms with E-state index in [4.69, 9.17) is 5.11 Å². The van der Waals surface area contributed by atoms with Crippen LogP contribution in [0.15, 0.2) is 23.1 Å². The molecule has 0 aliphatic rings. The minimum Gasteiger partial charge on any atom is -0.480 e. The first-order chi connectivity index (χ1) is 9.45. The lowest BCUT2D eigenvalue weighted by molar-refractivity contribution is -0.134. The summed E-state index contributed by atoms with van der Waals surface area (Å²) >= 11 is 0. The summed E-state index contributed by atoms with van der Waals surface area (Å²) < 4.78 is 50.3. The van der Waals surface area contributed by atoms with Crippen LogP contribution in [0.1, 0.15) is 5.56 Å². The van der Waals surface area contributed by atoms with Crippen LogP contribution in [0.2, 0.25) is 0 Å². The van der Waals surface area contributed by atoms with Crippen molar-refractivity contribution in [3.05, 3.63) is 23.8 Å². The van der Waals surface area contributed by atoms with E-state index in [2.05, 4.69) is 4.72 Å². The maximum atomic E-state index is 12.0. The lowest BCUT2D eigenvalue weighted by atomic mass is 10.2. The van der Waals surface area contributed by atoms with E-state index in [1.807, 2.05) is 0 Å². The van der Waals surface area contributed by atoms with Crippen LogP contribution in [-0.2, 0) is 24.8 Å². The summed E-state index contributed by atoms with van der Waals surface area (Å²) in [6.07, 6.45) is 0. The maximum absolute atomic E-state index is 12.0. The van der Waals surface area contributed by atoms with Gasteiger partial charge in [-0.1, -0.05) is 6.07 Å². The van der Waals surface area contributed by atoms with Gasteiger partial charge in [0.2, 0.25) is 20.0 Å². The van der Waals surface area contributed by atoms with Crippen molar-refractivity contribution in [2.75, 3.05) is 24.6 Å². The molecule has 8 nitrogen and oxygen atoms in total. The molecule has 0 bridgehead atoms. The van der Waals surface area contributed by atoms with Crippen molar-refractivity contribution in [2.24, 2.45) is 0 Å². The van der Waals surface area contributed by atoms with E-state index in [1.54, 1.807) is 6.92 Å². The number of aryl methyl sites for hydroxylation is 1. The summed E-state index contributed by atoms with van der Waals surface area (Å²) in [7, 11) is -5.11. The number of carbonyl (C=O) groups is 1. The van der Waals surface area contributed by atoms with Gasteiger partial charge in [0.1, 0.15) is 0 Å². The molecule has 0 saturated carbocycles. The van der Waals surface area contributed by atoms with E-state index >= 15 is 0 Å². The molecule has 0 saturated heterocycles. The minimum atomic E-state index is -4.10. The lowest BCUT2D eigenvalue weighted by Gasteiger charge is -2.14. The fourth-order valence-corrected chi connectivity index (χ4v) is 3.33. The molecule has 0 aliphatic carbocycles. The third kappa shape index (κ3) is 4.41. The Bertz CT molecular complexity index is 753. The van der Waals surface area contributed by atoms with Crippen LogP contribution >= 0.6 is 0 Å². The Balaban J connectivity index is 3.25. The van der Waals surface area contributed by atoms with Crippen molar-refractivity contribution in [1.29, 1.82) is 0 Å². The van der Waals surface area contributed by atoms with Gasteiger partial charge in [-0.05, 0) is 24.6 Å². The highest BCUT2D eigenvalue weighted by molar-refractivity contribution is 7.93. The van der Waals surface area contributed by atoms with Crippen LogP contribution in [0.4, 0.5) is 5.69 Å². The van der Waals surface area contributed by atoms with Crippen molar-refractivity contribution in [1.82, 2.24) is 4.31 Å². The van der Waals surface area contributed by atoms with Gasteiger partial charge in [0.15, 0.2) is 5.75 Å². The number of carboxylic acids is 1. The highest BCUT2D eigenvalue weighted by Gasteiger charge is 2.21. The third-order valence-corrected chi connectivity index (χ3v) is 5.54. The van der Waals surface area contributed by atoms with E-state index in [1.165, 1.54) is 26.2 Å². The summed E-state index contributed by atoms with van der Waals surface area (Å²) in [5, 5.41) is 8.53. The molecule has 0 heterocycles. The molecule has 10 heteroatoms. The SMILES string of the molecule is Cc1ccc(S(=O)(=O)N(C)C)cc1NS(=O)(=O)CC(=O)O. The second-order valence-corrected chi connectivity index (χ2v) is 8.39. The summed E-state index contributed by atoms with van der Waals surface area (Å²) in [5.74, 6) is -2.60. The Morgan fingerprint density at radius 2 is 1.81 bits per heavy atom. The largest absolute Gasteiger partial charge is 0.480 e. The molecule has 0 unspecified atom stereocenters. The fraction of sp³-hybridized carbons (Fsp3) is 0.364. The third-order valence-electron chi connectivity index (χ3n) is 2.57. The fourth-order valence-electron chi connectivity index (χ4n) is 1.45. The Morgan fingerprint density at radius 3 is 2.29 bits per heavy atom. The topological polar surface area (TPSA) is 121 Å². The van der Waals surface area contributed by atoms with E-state index in [0.717, 1.165) is 10.4 Å².